The Labute approximate surface area is 132 Å². The molecule has 0 heterocycles. The van der Waals surface area contributed by atoms with Crippen molar-refractivity contribution in [3.63, 3.8) is 0 Å². The fraction of sp³-hybridized carbons (Fsp3) is 0.529. The van der Waals surface area contributed by atoms with Crippen molar-refractivity contribution in [1.82, 2.24) is 10.2 Å². The number of ether oxygens (including phenoxy) is 1. The standard InChI is InChI=1S/C17H26N2O3/c1-14-5-7-16(8-6-14)13-19(15(2)20)11-9-17(21)18-10-4-12-22-3/h5-8H,4,9-13H2,1-3H3,(H,18,21). The van der Waals surface area contributed by atoms with E-state index in [-0.39, 0.29) is 11.8 Å². The third kappa shape index (κ3) is 7.22. The van der Waals surface area contributed by atoms with E-state index in [1.54, 1.807) is 12.0 Å². The summed E-state index contributed by atoms with van der Waals surface area (Å²) in [6.45, 7) is 5.76. The summed E-state index contributed by atoms with van der Waals surface area (Å²) in [5, 5.41) is 2.83. The van der Waals surface area contributed by atoms with Gasteiger partial charge in [0.2, 0.25) is 11.8 Å². The molecule has 1 aromatic rings. The van der Waals surface area contributed by atoms with Gasteiger partial charge in [0.25, 0.3) is 0 Å². The smallest absolute Gasteiger partial charge is 0.221 e. The van der Waals surface area contributed by atoms with Crippen LogP contribution < -0.4 is 5.32 Å². The number of hydrogen-bond acceptors (Lipinski definition) is 3. The van der Waals surface area contributed by atoms with Gasteiger partial charge < -0.3 is 15.0 Å². The second kappa shape index (κ2) is 9.95. The number of amides is 2. The molecule has 0 aliphatic rings. The maximum absolute atomic E-state index is 11.7. The summed E-state index contributed by atoms with van der Waals surface area (Å²) in [6, 6.07) is 8.07. The highest BCUT2D eigenvalue weighted by Crippen LogP contribution is 2.07. The van der Waals surface area contributed by atoms with Crippen LogP contribution in [0.5, 0.6) is 0 Å². The summed E-state index contributed by atoms with van der Waals surface area (Å²) < 4.78 is 4.92. The normalized spacial score (nSPS) is 10.3. The number of carbonyl (C=O) groups excluding carboxylic acids is 2. The zero-order chi connectivity index (χ0) is 16.4. The van der Waals surface area contributed by atoms with Gasteiger partial charge in [0.05, 0.1) is 0 Å². The number of aryl methyl sites for hydroxylation is 1. The van der Waals surface area contributed by atoms with Crippen molar-refractivity contribution < 1.29 is 14.3 Å². The maximum Gasteiger partial charge on any atom is 0.221 e. The van der Waals surface area contributed by atoms with Crippen molar-refractivity contribution in [2.24, 2.45) is 0 Å². The molecule has 1 rings (SSSR count). The molecule has 1 N–H and O–H groups in total. The van der Waals surface area contributed by atoms with E-state index in [2.05, 4.69) is 5.32 Å². The van der Waals surface area contributed by atoms with Crippen LogP contribution >= 0.6 is 0 Å². The Bertz CT molecular complexity index is 471. The van der Waals surface area contributed by atoms with Crippen molar-refractivity contribution in [3.8, 4) is 0 Å². The number of nitrogens with zero attached hydrogens (tertiary/aromatic N) is 1. The van der Waals surface area contributed by atoms with Gasteiger partial charge in [-0.15, -0.1) is 0 Å². The summed E-state index contributed by atoms with van der Waals surface area (Å²) >= 11 is 0. The Morgan fingerprint density at radius 2 is 1.91 bits per heavy atom. The Balaban J connectivity index is 2.39. The summed E-state index contributed by atoms with van der Waals surface area (Å²) in [7, 11) is 1.64. The monoisotopic (exact) mass is 306 g/mol. The predicted molar refractivity (Wildman–Crippen MR) is 86.4 cm³/mol. The molecule has 0 unspecified atom stereocenters. The molecule has 5 heteroatoms. The van der Waals surface area contributed by atoms with E-state index in [1.165, 1.54) is 12.5 Å². The average Bonchev–Trinajstić information content (AvgIpc) is 2.49. The molecule has 22 heavy (non-hydrogen) atoms. The van der Waals surface area contributed by atoms with E-state index in [9.17, 15) is 9.59 Å². The molecule has 0 fully saturated rings. The summed E-state index contributed by atoms with van der Waals surface area (Å²) in [6.07, 6.45) is 1.11. The van der Waals surface area contributed by atoms with Gasteiger partial charge in [-0.25, -0.2) is 0 Å². The fourth-order valence-electron chi connectivity index (χ4n) is 2.03. The van der Waals surface area contributed by atoms with E-state index < -0.39 is 0 Å². The largest absolute Gasteiger partial charge is 0.385 e. The summed E-state index contributed by atoms with van der Waals surface area (Å²) in [4.78, 5) is 25.1. The third-order valence-electron chi connectivity index (χ3n) is 3.40. The summed E-state index contributed by atoms with van der Waals surface area (Å²) in [5.41, 5.74) is 2.26. The van der Waals surface area contributed by atoms with Gasteiger partial charge in [0.1, 0.15) is 0 Å². The predicted octanol–water partition coefficient (Wildman–Crippen LogP) is 1.89. The van der Waals surface area contributed by atoms with E-state index in [0.717, 1.165) is 12.0 Å². The Hall–Kier alpha value is -1.88. The lowest BCUT2D eigenvalue weighted by molar-refractivity contribution is -0.130. The molecule has 0 radical (unpaired) electrons. The van der Waals surface area contributed by atoms with E-state index in [0.29, 0.717) is 32.7 Å². The lowest BCUT2D eigenvalue weighted by atomic mass is 10.1. The van der Waals surface area contributed by atoms with Crippen molar-refractivity contribution in [2.75, 3.05) is 26.8 Å². The topological polar surface area (TPSA) is 58.6 Å². The number of carbonyl (C=O) groups is 2. The highest BCUT2D eigenvalue weighted by molar-refractivity contribution is 5.78. The summed E-state index contributed by atoms with van der Waals surface area (Å²) in [5.74, 6) is -0.0565. The van der Waals surface area contributed by atoms with Crippen LogP contribution in [0.4, 0.5) is 0 Å². The van der Waals surface area contributed by atoms with Crippen molar-refractivity contribution in [3.05, 3.63) is 35.4 Å². The minimum atomic E-state index is -0.0359. The minimum Gasteiger partial charge on any atom is -0.385 e. The highest BCUT2D eigenvalue weighted by atomic mass is 16.5. The number of nitrogens with one attached hydrogen (secondary N) is 1. The van der Waals surface area contributed by atoms with Crippen LogP contribution in [-0.4, -0.2) is 43.5 Å². The number of benzene rings is 1. The first-order chi connectivity index (χ1) is 10.5. The molecule has 0 spiro atoms. The van der Waals surface area contributed by atoms with Crippen molar-refractivity contribution in [1.29, 1.82) is 0 Å². The zero-order valence-electron chi connectivity index (χ0n) is 13.7. The van der Waals surface area contributed by atoms with Crippen molar-refractivity contribution in [2.45, 2.75) is 33.2 Å². The molecule has 0 bridgehead atoms. The first-order valence-corrected chi connectivity index (χ1v) is 7.59. The quantitative estimate of drug-likeness (QED) is 0.709. The second-order valence-electron chi connectivity index (χ2n) is 5.37. The SMILES string of the molecule is COCCCNC(=O)CCN(Cc1ccc(C)cc1)C(C)=O. The van der Waals surface area contributed by atoms with E-state index >= 15 is 0 Å². The van der Waals surface area contributed by atoms with Crippen LogP contribution in [0, 0.1) is 6.92 Å². The van der Waals surface area contributed by atoms with Gasteiger partial charge in [0.15, 0.2) is 0 Å². The number of methoxy groups -OCH3 is 1. The highest BCUT2D eigenvalue weighted by Gasteiger charge is 2.11. The molecule has 0 saturated heterocycles. The molecule has 2 amide bonds. The van der Waals surface area contributed by atoms with Crippen LogP contribution in [0.25, 0.3) is 0 Å². The van der Waals surface area contributed by atoms with Gasteiger partial charge in [-0.05, 0) is 18.9 Å². The Morgan fingerprint density at radius 1 is 1.23 bits per heavy atom. The van der Waals surface area contributed by atoms with Gasteiger partial charge in [-0.3, -0.25) is 9.59 Å². The minimum absolute atomic E-state index is 0.0206. The molecule has 0 saturated carbocycles. The second-order valence-corrected chi connectivity index (χ2v) is 5.37. The lowest BCUT2D eigenvalue weighted by Crippen LogP contribution is -2.34. The van der Waals surface area contributed by atoms with E-state index in [4.69, 9.17) is 4.74 Å². The Kier molecular flexibility index (Phi) is 8.22. The molecule has 0 aliphatic carbocycles. The molecular weight excluding hydrogens is 280 g/mol. The van der Waals surface area contributed by atoms with Crippen LogP contribution in [0.1, 0.15) is 30.9 Å². The molecule has 5 nitrogen and oxygen atoms in total. The number of rotatable bonds is 9. The first-order valence-electron chi connectivity index (χ1n) is 7.59. The molecule has 1 aromatic carbocycles. The molecule has 122 valence electrons. The fourth-order valence-corrected chi connectivity index (χ4v) is 2.03. The third-order valence-corrected chi connectivity index (χ3v) is 3.40. The van der Waals surface area contributed by atoms with Gasteiger partial charge >= 0.3 is 0 Å². The van der Waals surface area contributed by atoms with Gasteiger partial charge in [0, 0.05) is 46.7 Å². The average molecular weight is 306 g/mol. The molecule has 0 aromatic heterocycles. The Morgan fingerprint density at radius 3 is 2.50 bits per heavy atom. The first kappa shape index (κ1) is 18.2. The van der Waals surface area contributed by atoms with Gasteiger partial charge in [-0.1, -0.05) is 29.8 Å². The van der Waals surface area contributed by atoms with Crippen LogP contribution in [-0.2, 0) is 20.9 Å². The van der Waals surface area contributed by atoms with E-state index in [1.807, 2.05) is 31.2 Å². The van der Waals surface area contributed by atoms with Crippen LogP contribution in [0.2, 0.25) is 0 Å². The zero-order valence-corrected chi connectivity index (χ0v) is 13.7. The van der Waals surface area contributed by atoms with Crippen LogP contribution in [0.3, 0.4) is 0 Å². The molecular formula is C17H26N2O3. The lowest BCUT2D eigenvalue weighted by Gasteiger charge is -2.21. The van der Waals surface area contributed by atoms with Crippen molar-refractivity contribution >= 4 is 11.8 Å². The maximum atomic E-state index is 11.7. The van der Waals surface area contributed by atoms with Gasteiger partial charge in [-0.2, -0.15) is 0 Å². The molecule has 0 atom stereocenters. The number of hydrogen-bond donors (Lipinski definition) is 1. The van der Waals surface area contributed by atoms with Crippen LogP contribution in [0.15, 0.2) is 24.3 Å². The molecule has 0 aliphatic heterocycles.